The zero-order chi connectivity index (χ0) is 8.81. The minimum Gasteiger partial charge on any atom is -0.747 e. The second-order valence-electron chi connectivity index (χ2n) is 2.21. The standard InChI is InChI=1S/2C5H4I.Fe/c2*6-5-3-1-2-4-5;/h2*1-4H;/q-5;-1;. The van der Waals surface area contributed by atoms with Crippen molar-refractivity contribution < 1.29 is 17.1 Å². The van der Waals surface area contributed by atoms with Crippen LogP contribution in [0.5, 0.6) is 0 Å². The molecule has 0 aliphatic carbocycles. The summed E-state index contributed by atoms with van der Waals surface area (Å²) in [6.45, 7) is 0. The first kappa shape index (κ1) is 13.7. The van der Waals surface area contributed by atoms with E-state index in [0.29, 0.717) is 0 Å². The van der Waals surface area contributed by atoms with Crippen molar-refractivity contribution >= 4 is 45.2 Å². The van der Waals surface area contributed by atoms with Crippen molar-refractivity contribution in [3.05, 3.63) is 55.7 Å². The fourth-order valence-corrected chi connectivity index (χ4v) is 1.53. The van der Waals surface area contributed by atoms with Crippen LogP contribution in [0.2, 0.25) is 0 Å². The molecule has 76 valence electrons. The summed E-state index contributed by atoms with van der Waals surface area (Å²) < 4.78 is 2.63. The Kier molecular flexibility index (Phi) is 8.45. The van der Waals surface area contributed by atoms with Crippen molar-refractivity contribution in [2.24, 2.45) is 0 Å². The Hall–Kier alpha value is 0.679. The fraction of sp³-hybridized carbons (Fsp3) is 0. The summed E-state index contributed by atoms with van der Waals surface area (Å²) in [6.07, 6.45) is 0. The van der Waals surface area contributed by atoms with Gasteiger partial charge in [-0.05, 0) is 0 Å². The third-order valence-electron chi connectivity index (χ3n) is 1.24. The maximum Gasteiger partial charge on any atom is 0 e. The van der Waals surface area contributed by atoms with Crippen LogP contribution in [0.1, 0.15) is 0 Å². The molecule has 0 bridgehead atoms. The van der Waals surface area contributed by atoms with Gasteiger partial charge >= 0.3 is 0 Å². The molecule has 0 aliphatic rings. The van der Waals surface area contributed by atoms with Crippen LogP contribution in [0.15, 0.2) is 48.5 Å². The normalized spacial score (nSPS) is 8.15. The van der Waals surface area contributed by atoms with E-state index < -0.39 is 0 Å². The van der Waals surface area contributed by atoms with Crippen LogP contribution in [0, 0.1) is 7.14 Å². The van der Waals surface area contributed by atoms with Gasteiger partial charge in [-0.25, -0.2) is 12.1 Å². The first-order chi connectivity index (χ1) is 5.79. The van der Waals surface area contributed by atoms with E-state index in [1.165, 1.54) is 7.14 Å². The van der Waals surface area contributed by atoms with Gasteiger partial charge in [0, 0.05) is 17.1 Å². The Bertz CT molecular complexity index is 252. The van der Waals surface area contributed by atoms with E-state index in [-0.39, 0.29) is 17.1 Å². The van der Waals surface area contributed by atoms with E-state index in [0.717, 1.165) is 0 Å². The zero-order valence-electron chi connectivity index (χ0n) is 6.73. The number of rotatable bonds is 0. The summed E-state index contributed by atoms with van der Waals surface area (Å²) in [6, 6.07) is 16.4. The Labute approximate surface area is 117 Å². The molecular weight excluding hydrogens is 430 g/mol. The molecule has 3 heteroatoms. The summed E-state index contributed by atoms with van der Waals surface area (Å²) in [7, 11) is 0. The molecule has 0 N–H and O–H groups in total. The molecule has 0 saturated carbocycles. The molecule has 0 atom stereocenters. The van der Waals surface area contributed by atoms with E-state index in [1.807, 2.05) is 24.3 Å². The van der Waals surface area contributed by atoms with Crippen LogP contribution in [0.3, 0.4) is 0 Å². The van der Waals surface area contributed by atoms with Crippen LogP contribution in [0.4, 0.5) is 0 Å². The number of hydrogen-bond donors (Lipinski definition) is 0. The number of hydrogen-bond acceptors (Lipinski definition) is 0. The molecule has 2 aromatic carbocycles. The van der Waals surface area contributed by atoms with Crippen molar-refractivity contribution in [3.8, 4) is 0 Å². The Morgan fingerprint density at radius 2 is 1.38 bits per heavy atom. The maximum absolute atomic E-state index is 2.28. The van der Waals surface area contributed by atoms with Gasteiger partial charge in [-0.2, -0.15) is 12.1 Å². The second-order valence-corrected chi connectivity index (χ2v) is 4.70. The summed E-state index contributed by atoms with van der Waals surface area (Å²) in [5.41, 5.74) is 0. The van der Waals surface area contributed by atoms with Gasteiger partial charge in [0.1, 0.15) is 0 Å². The summed E-state index contributed by atoms with van der Waals surface area (Å²) >= 11 is 4.55. The topological polar surface area (TPSA) is 0 Å². The molecule has 0 heterocycles. The van der Waals surface area contributed by atoms with Gasteiger partial charge < -0.3 is 50.4 Å². The van der Waals surface area contributed by atoms with Crippen LogP contribution in [-0.2, 0) is 17.1 Å². The molecule has 0 aliphatic heterocycles. The van der Waals surface area contributed by atoms with Gasteiger partial charge in [0.2, 0.25) is 0 Å². The van der Waals surface area contributed by atoms with Gasteiger partial charge in [0.05, 0.1) is 0 Å². The van der Waals surface area contributed by atoms with Crippen molar-refractivity contribution in [1.29, 1.82) is 0 Å². The molecule has 0 amide bonds. The zero-order valence-corrected chi connectivity index (χ0v) is 12.1. The van der Waals surface area contributed by atoms with Gasteiger partial charge in [-0.15, -0.1) is 22.6 Å². The second kappa shape index (κ2) is 8.03. The van der Waals surface area contributed by atoms with Crippen molar-refractivity contribution in [1.82, 2.24) is 0 Å². The third kappa shape index (κ3) is 6.71. The molecule has 0 saturated heterocycles. The van der Waals surface area contributed by atoms with Crippen molar-refractivity contribution in [2.45, 2.75) is 0 Å². The van der Waals surface area contributed by atoms with Crippen LogP contribution in [-0.4, -0.2) is 0 Å². The van der Waals surface area contributed by atoms with E-state index in [2.05, 4.69) is 69.4 Å². The van der Waals surface area contributed by atoms with E-state index in [9.17, 15) is 0 Å². The molecule has 0 unspecified atom stereocenters. The SMILES string of the molecule is I[c-]1[cH-][cH-][cH-][cH-]1.I[c-]1cccc1.[Fe]. The van der Waals surface area contributed by atoms with Gasteiger partial charge in [0.15, 0.2) is 0 Å². The molecule has 0 radical (unpaired) electrons. The molecular formula is C10H8FeI2-6. The minimum atomic E-state index is 0. The first-order valence-electron chi connectivity index (χ1n) is 3.53. The van der Waals surface area contributed by atoms with Crippen molar-refractivity contribution in [3.63, 3.8) is 0 Å². The van der Waals surface area contributed by atoms with Crippen LogP contribution < -0.4 is 0 Å². The Balaban J connectivity index is 0.000000206. The third-order valence-corrected chi connectivity index (χ3v) is 2.68. The molecule has 0 nitrogen and oxygen atoms in total. The largest absolute Gasteiger partial charge is 0.747 e. The van der Waals surface area contributed by atoms with E-state index in [4.69, 9.17) is 0 Å². The molecule has 0 fully saturated rings. The summed E-state index contributed by atoms with van der Waals surface area (Å²) in [4.78, 5) is 0. The smallest absolute Gasteiger partial charge is 0 e. The minimum absolute atomic E-state index is 0. The van der Waals surface area contributed by atoms with Crippen LogP contribution in [0.25, 0.3) is 0 Å². The van der Waals surface area contributed by atoms with E-state index in [1.54, 1.807) is 0 Å². The van der Waals surface area contributed by atoms with Gasteiger partial charge in [0.25, 0.3) is 0 Å². The fourth-order valence-electron chi connectivity index (χ4n) is 0.701. The number of halogens is 2. The molecule has 2 rings (SSSR count). The van der Waals surface area contributed by atoms with Crippen molar-refractivity contribution in [2.75, 3.05) is 0 Å². The molecule has 13 heavy (non-hydrogen) atoms. The Morgan fingerprint density at radius 1 is 0.923 bits per heavy atom. The summed E-state index contributed by atoms with van der Waals surface area (Å²) in [5.74, 6) is 0. The maximum atomic E-state index is 2.28. The first-order valence-corrected chi connectivity index (χ1v) is 5.69. The molecule has 2 aromatic rings. The average molecular weight is 438 g/mol. The van der Waals surface area contributed by atoms with Gasteiger partial charge in [-0.3, -0.25) is 0 Å². The van der Waals surface area contributed by atoms with E-state index >= 15 is 0 Å². The Morgan fingerprint density at radius 3 is 1.54 bits per heavy atom. The average Bonchev–Trinajstić information content (AvgIpc) is 2.63. The predicted octanol–water partition coefficient (Wildman–Crippen LogP) is 4.02. The molecule has 0 aromatic heterocycles. The monoisotopic (exact) mass is 438 g/mol. The predicted molar refractivity (Wildman–Crippen MR) is 69.5 cm³/mol. The quantitative estimate of drug-likeness (QED) is 0.332. The summed E-state index contributed by atoms with van der Waals surface area (Å²) in [5, 5.41) is 0. The van der Waals surface area contributed by atoms with Gasteiger partial charge in [-0.1, -0.05) is 3.57 Å². The molecule has 0 spiro atoms. The van der Waals surface area contributed by atoms with Crippen LogP contribution >= 0.6 is 45.2 Å².